The SMILES string of the molecule is CCn1cncc1C(O)c1cccc(OC(C)C)c1. The van der Waals surface area contributed by atoms with E-state index < -0.39 is 6.10 Å². The predicted octanol–water partition coefficient (Wildman–Crippen LogP) is 2.77. The molecule has 1 aromatic carbocycles. The molecule has 4 heteroatoms. The number of aromatic nitrogens is 2. The molecule has 1 heterocycles. The van der Waals surface area contributed by atoms with Crippen LogP contribution in [0.25, 0.3) is 0 Å². The minimum atomic E-state index is -0.682. The number of benzene rings is 1. The quantitative estimate of drug-likeness (QED) is 0.899. The van der Waals surface area contributed by atoms with Gasteiger partial charge in [-0.2, -0.15) is 0 Å². The molecule has 19 heavy (non-hydrogen) atoms. The Morgan fingerprint density at radius 2 is 2.16 bits per heavy atom. The van der Waals surface area contributed by atoms with Gasteiger partial charge in [0.05, 0.1) is 24.3 Å². The number of ether oxygens (including phenoxy) is 1. The Kier molecular flexibility index (Phi) is 4.22. The van der Waals surface area contributed by atoms with Crippen molar-refractivity contribution in [1.29, 1.82) is 0 Å². The van der Waals surface area contributed by atoms with Gasteiger partial charge in [0.2, 0.25) is 0 Å². The number of hydrogen-bond donors (Lipinski definition) is 1. The van der Waals surface area contributed by atoms with Crippen LogP contribution in [-0.4, -0.2) is 20.8 Å². The van der Waals surface area contributed by atoms with Crippen molar-refractivity contribution < 1.29 is 9.84 Å². The van der Waals surface area contributed by atoms with Gasteiger partial charge in [0.15, 0.2) is 0 Å². The Morgan fingerprint density at radius 1 is 1.37 bits per heavy atom. The van der Waals surface area contributed by atoms with E-state index in [9.17, 15) is 5.11 Å². The zero-order valence-electron chi connectivity index (χ0n) is 11.6. The second-order valence-electron chi connectivity index (χ2n) is 4.75. The molecule has 1 unspecified atom stereocenters. The van der Waals surface area contributed by atoms with E-state index in [1.54, 1.807) is 12.5 Å². The van der Waals surface area contributed by atoms with E-state index in [0.717, 1.165) is 23.6 Å². The molecule has 0 fully saturated rings. The molecule has 1 aromatic heterocycles. The molecule has 0 aliphatic heterocycles. The molecular weight excluding hydrogens is 240 g/mol. The average Bonchev–Trinajstić information content (AvgIpc) is 2.85. The van der Waals surface area contributed by atoms with Crippen molar-refractivity contribution in [3.05, 3.63) is 48.0 Å². The van der Waals surface area contributed by atoms with Gasteiger partial charge in [-0.1, -0.05) is 12.1 Å². The molecule has 2 aromatic rings. The van der Waals surface area contributed by atoms with Crippen molar-refractivity contribution in [2.24, 2.45) is 0 Å². The molecule has 102 valence electrons. The molecular formula is C15H20N2O2. The second-order valence-corrected chi connectivity index (χ2v) is 4.75. The lowest BCUT2D eigenvalue weighted by molar-refractivity contribution is 0.207. The Hall–Kier alpha value is -1.81. The van der Waals surface area contributed by atoms with Crippen LogP contribution < -0.4 is 4.74 Å². The highest BCUT2D eigenvalue weighted by Gasteiger charge is 2.15. The summed E-state index contributed by atoms with van der Waals surface area (Å²) in [5.74, 6) is 0.772. The van der Waals surface area contributed by atoms with Crippen LogP contribution in [0.3, 0.4) is 0 Å². The maximum Gasteiger partial charge on any atom is 0.121 e. The molecule has 0 aliphatic carbocycles. The van der Waals surface area contributed by atoms with Crippen molar-refractivity contribution in [2.45, 2.75) is 39.5 Å². The summed E-state index contributed by atoms with van der Waals surface area (Å²) < 4.78 is 7.58. The van der Waals surface area contributed by atoms with Gasteiger partial charge in [0.25, 0.3) is 0 Å². The fraction of sp³-hybridized carbons (Fsp3) is 0.400. The van der Waals surface area contributed by atoms with E-state index in [2.05, 4.69) is 4.98 Å². The smallest absolute Gasteiger partial charge is 0.121 e. The van der Waals surface area contributed by atoms with Gasteiger partial charge in [0, 0.05) is 6.54 Å². The van der Waals surface area contributed by atoms with Crippen LogP contribution in [0.15, 0.2) is 36.8 Å². The lowest BCUT2D eigenvalue weighted by Crippen LogP contribution is -2.09. The molecule has 0 radical (unpaired) electrons. The van der Waals surface area contributed by atoms with Gasteiger partial charge in [0.1, 0.15) is 11.9 Å². The summed E-state index contributed by atoms with van der Waals surface area (Å²) in [5, 5.41) is 10.4. The van der Waals surface area contributed by atoms with Crippen LogP contribution in [0.5, 0.6) is 5.75 Å². The van der Waals surface area contributed by atoms with Gasteiger partial charge in [-0.3, -0.25) is 0 Å². The summed E-state index contributed by atoms with van der Waals surface area (Å²) in [6.45, 7) is 6.77. The van der Waals surface area contributed by atoms with E-state index >= 15 is 0 Å². The summed E-state index contributed by atoms with van der Waals surface area (Å²) in [5.41, 5.74) is 1.61. The van der Waals surface area contributed by atoms with Crippen LogP contribution in [-0.2, 0) is 6.54 Å². The predicted molar refractivity (Wildman–Crippen MR) is 74.2 cm³/mol. The van der Waals surface area contributed by atoms with Gasteiger partial charge in [-0.05, 0) is 38.5 Å². The van der Waals surface area contributed by atoms with Crippen LogP contribution in [0.4, 0.5) is 0 Å². The van der Waals surface area contributed by atoms with Crippen molar-refractivity contribution in [1.82, 2.24) is 9.55 Å². The Morgan fingerprint density at radius 3 is 2.84 bits per heavy atom. The fourth-order valence-electron chi connectivity index (χ4n) is 2.02. The Labute approximate surface area is 113 Å². The fourth-order valence-corrected chi connectivity index (χ4v) is 2.02. The van der Waals surface area contributed by atoms with Crippen LogP contribution in [0, 0.1) is 0 Å². The standard InChI is InChI=1S/C15H20N2O2/c1-4-17-10-16-9-14(17)15(18)12-6-5-7-13(8-12)19-11(2)3/h5-11,15,18H,4H2,1-3H3. The maximum atomic E-state index is 10.4. The summed E-state index contributed by atoms with van der Waals surface area (Å²) in [4.78, 5) is 4.08. The number of aliphatic hydroxyl groups excluding tert-OH is 1. The summed E-state index contributed by atoms with van der Waals surface area (Å²) in [7, 11) is 0. The number of nitrogens with zero attached hydrogens (tertiary/aromatic N) is 2. The number of hydrogen-bond acceptors (Lipinski definition) is 3. The van der Waals surface area contributed by atoms with E-state index in [1.165, 1.54) is 0 Å². The lowest BCUT2D eigenvalue weighted by atomic mass is 10.1. The van der Waals surface area contributed by atoms with E-state index in [-0.39, 0.29) is 6.10 Å². The van der Waals surface area contributed by atoms with Crippen molar-refractivity contribution in [2.75, 3.05) is 0 Å². The molecule has 1 N–H and O–H groups in total. The first-order valence-electron chi connectivity index (χ1n) is 6.56. The van der Waals surface area contributed by atoms with E-state index in [0.29, 0.717) is 0 Å². The zero-order valence-corrected chi connectivity index (χ0v) is 11.6. The highest BCUT2D eigenvalue weighted by atomic mass is 16.5. The highest BCUT2D eigenvalue weighted by Crippen LogP contribution is 2.25. The van der Waals surface area contributed by atoms with Crippen molar-refractivity contribution in [3.8, 4) is 5.75 Å². The number of aryl methyl sites for hydroxylation is 1. The molecule has 0 saturated carbocycles. The molecule has 0 spiro atoms. The third-order valence-corrected chi connectivity index (χ3v) is 2.91. The zero-order chi connectivity index (χ0) is 13.8. The van der Waals surface area contributed by atoms with E-state index in [4.69, 9.17) is 4.74 Å². The summed E-state index contributed by atoms with van der Waals surface area (Å²) in [6.07, 6.45) is 2.86. The Bertz CT molecular complexity index is 534. The lowest BCUT2D eigenvalue weighted by Gasteiger charge is -2.15. The van der Waals surface area contributed by atoms with Crippen LogP contribution in [0.2, 0.25) is 0 Å². The molecule has 1 atom stereocenters. The minimum Gasteiger partial charge on any atom is -0.491 e. The van der Waals surface area contributed by atoms with Crippen LogP contribution >= 0.6 is 0 Å². The highest BCUT2D eigenvalue weighted by molar-refractivity contribution is 5.33. The number of rotatable bonds is 5. The molecule has 4 nitrogen and oxygen atoms in total. The van der Waals surface area contributed by atoms with Crippen molar-refractivity contribution in [3.63, 3.8) is 0 Å². The average molecular weight is 260 g/mol. The van der Waals surface area contributed by atoms with Gasteiger partial charge < -0.3 is 14.4 Å². The third kappa shape index (κ3) is 3.15. The summed E-state index contributed by atoms with van der Waals surface area (Å²) >= 11 is 0. The Balaban J connectivity index is 2.26. The molecule has 2 rings (SSSR count). The van der Waals surface area contributed by atoms with Gasteiger partial charge >= 0.3 is 0 Å². The number of aliphatic hydroxyl groups is 1. The van der Waals surface area contributed by atoms with Gasteiger partial charge in [-0.25, -0.2) is 4.98 Å². The first-order valence-corrected chi connectivity index (χ1v) is 6.56. The molecule has 0 bridgehead atoms. The second kappa shape index (κ2) is 5.89. The van der Waals surface area contributed by atoms with E-state index in [1.807, 2.05) is 49.6 Å². The first kappa shape index (κ1) is 13.6. The minimum absolute atomic E-state index is 0.119. The monoisotopic (exact) mass is 260 g/mol. The topological polar surface area (TPSA) is 47.3 Å². The van der Waals surface area contributed by atoms with Crippen LogP contribution in [0.1, 0.15) is 38.1 Å². The molecule has 0 amide bonds. The number of imidazole rings is 1. The van der Waals surface area contributed by atoms with Crippen molar-refractivity contribution >= 4 is 0 Å². The maximum absolute atomic E-state index is 10.4. The van der Waals surface area contributed by atoms with Gasteiger partial charge in [-0.15, -0.1) is 0 Å². The third-order valence-electron chi connectivity index (χ3n) is 2.91. The normalized spacial score (nSPS) is 12.7. The summed E-state index contributed by atoms with van der Waals surface area (Å²) in [6, 6.07) is 7.55. The molecule has 0 aliphatic rings. The first-order chi connectivity index (χ1) is 9.11. The largest absolute Gasteiger partial charge is 0.491 e. The molecule has 0 saturated heterocycles.